The third-order valence-corrected chi connectivity index (χ3v) is 6.53. The lowest BCUT2D eigenvalue weighted by Gasteiger charge is -2.35. The van der Waals surface area contributed by atoms with Crippen LogP contribution in [0.3, 0.4) is 0 Å². The van der Waals surface area contributed by atoms with E-state index in [0.29, 0.717) is 12.1 Å². The Labute approximate surface area is 189 Å². The lowest BCUT2D eigenvalue weighted by Crippen LogP contribution is -2.58. The van der Waals surface area contributed by atoms with Gasteiger partial charge in [0.1, 0.15) is 11.9 Å². The Balaban J connectivity index is 1.63. The van der Waals surface area contributed by atoms with Crippen LogP contribution in [0.1, 0.15) is 71.1 Å². The van der Waals surface area contributed by atoms with E-state index in [4.69, 9.17) is 14.2 Å². The van der Waals surface area contributed by atoms with Gasteiger partial charge in [0.05, 0.1) is 11.7 Å². The first-order valence-electron chi connectivity index (χ1n) is 11.6. The van der Waals surface area contributed by atoms with Gasteiger partial charge in [-0.2, -0.15) is 0 Å². The van der Waals surface area contributed by atoms with E-state index >= 15 is 0 Å². The van der Waals surface area contributed by atoms with Gasteiger partial charge < -0.3 is 24.6 Å². The molecule has 8 nitrogen and oxygen atoms in total. The lowest BCUT2D eigenvalue weighted by molar-refractivity contribution is -0.170. The quantitative estimate of drug-likeness (QED) is 0.555. The molecule has 32 heavy (non-hydrogen) atoms. The molecule has 0 aromatic carbocycles. The molecule has 1 aromatic rings. The van der Waals surface area contributed by atoms with Crippen LogP contribution in [0.2, 0.25) is 0 Å². The highest BCUT2D eigenvalue weighted by Crippen LogP contribution is 2.42. The van der Waals surface area contributed by atoms with Crippen LogP contribution in [0.25, 0.3) is 0 Å². The van der Waals surface area contributed by atoms with Crippen LogP contribution in [0.5, 0.6) is 5.75 Å². The molecule has 2 fully saturated rings. The number of nitrogens with zero attached hydrogens (tertiary/aromatic N) is 1. The Morgan fingerprint density at radius 2 is 2.06 bits per heavy atom. The van der Waals surface area contributed by atoms with Crippen molar-refractivity contribution >= 4 is 12.1 Å². The molecule has 1 aromatic heterocycles. The summed E-state index contributed by atoms with van der Waals surface area (Å²) in [7, 11) is 0. The van der Waals surface area contributed by atoms with E-state index in [9.17, 15) is 14.7 Å². The zero-order valence-electron chi connectivity index (χ0n) is 19.3. The van der Waals surface area contributed by atoms with Gasteiger partial charge in [-0.05, 0) is 37.2 Å². The Morgan fingerprint density at radius 1 is 1.31 bits per heavy atom. The average molecular weight is 447 g/mol. The standard InChI is InChI=1S/C24H34N2O6/c1-14(2)11-20(26-22(28)29)24(21(27)31-23(3,4)32-24)13-18-17-12-16(8-7-15-5-6-15)30-19(17)9-10-25-18/h9-10,14-16,20,26H,5-8,11-13H2,1-4H3,(H,28,29)/t16?,20?,24-/m1/s1. The zero-order chi connectivity index (χ0) is 23.1. The number of ether oxygens (including phenoxy) is 3. The minimum atomic E-state index is -1.50. The second kappa shape index (κ2) is 8.54. The van der Waals surface area contributed by atoms with E-state index < -0.39 is 29.5 Å². The van der Waals surface area contributed by atoms with Crippen molar-refractivity contribution in [3.8, 4) is 5.75 Å². The number of carbonyl (C=O) groups excluding carboxylic acids is 1. The molecule has 0 bridgehead atoms. The molecule has 1 saturated carbocycles. The Bertz CT molecular complexity index is 881. The lowest BCUT2D eigenvalue weighted by atomic mass is 9.82. The maximum atomic E-state index is 13.2. The average Bonchev–Trinajstić information content (AvgIpc) is 3.35. The summed E-state index contributed by atoms with van der Waals surface area (Å²) in [6.45, 7) is 7.29. The zero-order valence-corrected chi connectivity index (χ0v) is 19.3. The van der Waals surface area contributed by atoms with Gasteiger partial charge >= 0.3 is 12.1 Å². The molecule has 8 heteroatoms. The Kier molecular flexibility index (Phi) is 6.09. The molecule has 2 unspecified atom stereocenters. The molecule has 3 atom stereocenters. The highest BCUT2D eigenvalue weighted by molar-refractivity contribution is 5.84. The topological polar surface area (TPSA) is 107 Å². The van der Waals surface area contributed by atoms with Gasteiger partial charge in [-0.25, -0.2) is 9.59 Å². The van der Waals surface area contributed by atoms with E-state index in [2.05, 4.69) is 10.3 Å². The Morgan fingerprint density at radius 3 is 2.66 bits per heavy atom. The summed E-state index contributed by atoms with van der Waals surface area (Å²) in [6.07, 6.45) is 6.68. The SMILES string of the molecule is CC(C)CC(NC(=O)O)[C@@]1(Cc2nccc3c2CC(CCC2CC2)O3)OC(C)(C)OC1=O. The number of hydrogen-bond acceptors (Lipinski definition) is 6. The fraction of sp³-hybridized carbons (Fsp3) is 0.708. The molecular formula is C24H34N2O6. The van der Waals surface area contributed by atoms with Gasteiger partial charge in [-0.3, -0.25) is 4.98 Å². The van der Waals surface area contributed by atoms with Crippen molar-refractivity contribution in [1.82, 2.24) is 10.3 Å². The van der Waals surface area contributed by atoms with E-state index in [-0.39, 0.29) is 18.4 Å². The third kappa shape index (κ3) is 4.85. The van der Waals surface area contributed by atoms with Crippen molar-refractivity contribution in [1.29, 1.82) is 0 Å². The molecule has 0 spiro atoms. The summed E-state index contributed by atoms with van der Waals surface area (Å²) in [5, 5.41) is 12.0. The largest absolute Gasteiger partial charge is 0.490 e. The molecule has 1 saturated heterocycles. The van der Waals surface area contributed by atoms with Gasteiger partial charge in [0, 0.05) is 38.4 Å². The highest BCUT2D eigenvalue weighted by Gasteiger charge is 2.59. The van der Waals surface area contributed by atoms with Crippen molar-refractivity contribution in [2.75, 3.05) is 0 Å². The monoisotopic (exact) mass is 446 g/mol. The van der Waals surface area contributed by atoms with Gasteiger partial charge in [0.25, 0.3) is 0 Å². The molecule has 2 N–H and O–H groups in total. The van der Waals surface area contributed by atoms with Crippen LogP contribution >= 0.6 is 0 Å². The summed E-state index contributed by atoms with van der Waals surface area (Å²) in [4.78, 5) is 29.4. The number of hydrogen-bond donors (Lipinski definition) is 2. The van der Waals surface area contributed by atoms with E-state index in [1.165, 1.54) is 19.3 Å². The molecule has 176 valence electrons. The number of nitrogens with one attached hydrogen (secondary N) is 1. The van der Waals surface area contributed by atoms with Crippen molar-refractivity contribution in [3.05, 3.63) is 23.5 Å². The van der Waals surface area contributed by atoms with Crippen molar-refractivity contribution in [2.45, 2.75) is 96.2 Å². The van der Waals surface area contributed by atoms with Crippen LogP contribution in [0.15, 0.2) is 12.3 Å². The van der Waals surface area contributed by atoms with Crippen LogP contribution in [0, 0.1) is 11.8 Å². The molecule has 4 rings (SSSR count). The number of fused-ring (bicyclic) bond motifs is 1. The number of cyclic esters (lactones) is 1. The maximum Gasteiger partial charge on any atom is 0.404 e. The van der Waals surface area contributed by atoms with Crippen LogP contribution in [-0.4, -0.2) is 45.7 Å². The van der Waals surface area contributed by atoms with Crippen molar-refractivity contribution in [3.63, 3.8) is 0 Å². The predicted octanol–water partition coefficient (Wildman–Crippen LogP) is 3.85. The minimum absolute atomic E-state index is 0.112. The molecule has 3 aliphatic rings. The summed E-state index contributed by atoms with van der Waals surface area (Å²) in [6, 6.07) is 1.08. The smallest absolute Gasteiger partial charge is 0.404 e. The van der Waals surface area contributed by atoms with E-state index in [1.54, 1.807) is 20.0 Å². The van der Waals surface area contributed by atoms with Gasteiger partial charge in [0.2, 0.25) is 5.79 Å². The van der Waals surface area contributed by atoms with Crippen LogP contribution in [0.4, 0.5) is 4.79 Å². The number of amides is 1. The normalized spacial score (nSPS) is 27.0. The van der Waals surface area contributed by atoms with Gasteiger partial charge in [-0.1, -0.05) is 26.7 Å². The summed E-state index contributed by atoms with van der Waals surface area (Å²) >= 11 is 0. The second-order valence-corrected chi connectivity index (χ2v) is 10.3. The molecule has 0 radical (unpaired) electrons. The number of aromatic nitrogens is 1. The first-order valence-corrected chi connectivity index (χ1v) is 11.6. The number of rotatable bonds is 9. The predicted molar refractivity (Wildman–Crippen MR) is 116 cm³/mol. The second-order valence-electron chi connectivity index (χ2n) is 10.3. The summed E-state index contributed by atoms with van der Waals surface area (Å²) in [5.41, 5.74) is 0.180. The number of pyridine rings is 1. The molecule has 1 aliphatic carbocycles. The van der Waals surface area contributed by atoms with Crippen molar-refractivity contribution < 1.29 is 28.9 Å². The molecule has 2 aliphatic heterocycles. The third-order valence-electron chi connectivity index (χ3n) is 6.53. The van der Waals surface area contributed by atoms with E-state index in [0.717, 1.165) is 30.1 Å². The number of esters is 1. The maximum absolute atomic E-state index is 13.2. The van der Waals surface area contributed by atoms with Crippen LogP contribution in [-0.2, 0) is 27.1 Å². The van der Waals surface area contributed by atoms with Crippen molar-refractivity contribution in [2.24, 2.45) is 11.8 Å². The number of carboxylic acid groups (broad SMARTS) is 1. The number of carbonyl (C=O) groups is 2. The highest BCUT2D eigenvalue weighted by atomic mass is 16.8. The fourth-order valence-corrected chi connectivity index (χ4v) is 4.93. The summed E-state index contributed by atoms with van der Waals surface area (Å²) in [5.74, 6) is 0.0429. The molecular weight excluding hydrogens is 412 g/mol. The fourth-order valence-electron chi connectivity index (χ4n) is 4.93. The first-order chi connectivity index (χ1) is 15.1. The van der Waals surface area contributed by atoms with Gasteiger partial charge in [-0.15, -0.1) is 0 Å². The molecule has 3 heterocycles. The molecule has 1 amide bonds. The van der Waals surface area contributed by atoms with Crippen LogP contribution < -0.4 is 10.1 Å². The first kappa shape index (κ1) is 22.8. The summed E-state index contributed by atoms with van der Waals surface area (Å²) < 4.78 is 17.9. The van der Waals surface area contributed by atoms with E-state index in [1.807, 2.05) is 19.9 Å². The van der Waals surface area contributed by atoms with Gasteiger partial charge in [0.15, 0.2) is 5.60 Å². The Hall–Kier alpha value is -2.35. The minimum Gasteiger partial charge on any atom is -0.490 e.